The molecule has 0 bridgehead atoms. The number of nitrogen functional groups attached to an aromatic ring is 1. The van der Waals surface area contributed by atoms with Gasteiger partial charge in [-0.1, -0.05) is 18.2 Å². The molecule has 21 heavy (non-hydrogen) atoms. The quantitative estimate of drug-likeness (QED) is 0.792. The first-order valence-electron chi connectivity index (χ1n) is 6.32. The van der Waals surface area contributed by atoms with E-state index < -0.39 is 9.84 Å². The predicted octanol–water partition coefficient (Wildman–Crippen LogP) is 1.52. The number of aromatic nitrogens is 3. The van der Waals surface area contributed by atoms with Gasteiger partial charge in [0, 0.05) is 18.6 Å². The van der Waals surface area contributed by atoms with Crippen LogP contribution >= 0.6 is 0 Å². The van der Waals surface area contributed by atoms with Gasteiger partial charge in [0.05, 0.1) is 33.7 Å². The molecule has 0 radical (unpaired) electrons. The van der Waals surface area contributed by atoms with Crippen molar-refractivity contribution in [3.05, 3.63) is 48.4 Å². The number of nitrogens with zero attached hydrogens (tertiary/aromatic N) is 3. The molecule has 0 atom stereocenters. The zero-order valence-corrected chi connectivity index (χ0v) is 12.2. The van der Waals surface area contributed by atoms with Gasteiger partial charge < -0.3 is 5.73 Å². The molecule has 108 valence electrons. The van der Waals surface area contributed by atoms with E-state index >= 15 is 0 Å². The Morgan fingerprint density at radius 2 is 2.00 bits per heavy atom. The molecule has 0 saturated heterocycles. The summed E-state index contributed by atoms with van der Waals surface area (Å²) in [5, 5.41) is 5.14. The van der Waals surface area contributed by atoms with Crippen molar-refractivity contribution in [3.8, 4) is 0 Å². The first-order valence-corrected chi connectivity index (χ1v) is 7.97. The summed E-state index contributed by atoms with van der Waals surface area (Å²) in [5.74, 6) is -0.192. The van der Waals surface area contributed by atoms with Crippen LogP contribution in [0.2, 0.25) is 0 Å². The maximum atomic E-state index is 12.5. The Morgan fingerprint density at radius 3 is 2.76 bits per heavy atom. The maximum absolute atomic E-state index is 12.5. The second-order valence-corrected chi connectivity index (χ2v) is 6.72. The fourth-order valence-electron chi connectivity index (χ4n) is 2.33. The molecule has 0 spiro atoms. The van der Waals surface area contributed by atoms with Crippen LogP contribution in [-0.4, -0.2) is 23.2 Å². The first kappa shape index (κ1) is 13.6. The molecule has 0 aliphatic rings. The van der Waals surface area contributed by atoms with E-state index in [-0.39, 0.29) is 16.3 Å². The third-order valence-corrected chi connectivity index (χ3v) is 5.00. The molecule has 2 heterocycles. The van der Waals surface area contributed by atoms with E-state index in [0.29, 0.717) is 5.69 Å². The SMILES string of the molecule is Cn1nc(CS(=O)(=O)c2ccncc2N)c2ccccc21. The number of rotatable bonds is 3. The Morgan fingerprint density at radius 1 is 1.24 bits per heavy atom. The van der Waals surface area contributed by atoms with Crippen molar-refractivity contribution in [2.24, 2.45) is 7.05 Å². The molecule has 0 saturated carbocycles. The number of hydrogen-bond donors (Lipinski definition) is 1. The molecule has 0 unspecified atom stereocenters. The molecular weight excluding hydrogens is 288 g/mol. The molecule has 3 rings (SSSR count). The third kappa shape index (κ3) is 2.36. The van der Waals surface area contributed by atoms with Crippen molar-refractivity contribution in [3.63, 3.8) is 0 Å². The van der Waals surface area contributed by atoms with Crippen LogP contribution in [0.25, 0.3) is 10.9 Å². The fourth-order valence-corrected chi connectivity index (χ4v) is 3.74. The van der Waals surface area contributed by atoms with E-state index in [9.17, 15) is 8.42 Å². The lowest BCUT2D eigenvalue weighted by Crippen LogP contribution is -2.09. The van der Waals surface area contributed by atoms with Crippen LogP contribution in [0.5, 0.6) is 0 Å². The van der Waals surface area contributed by atoms with Crippen LogP contribution < -0.4 is 5.73 Å². The summed E-state index contributed by atoms with van der Waals surface area (Å²) in [7, 11) is -1.77. The van der Waals surface area contributed by atoms with Crippen molar-refractivity contribution >= 4 is 26.4 Å². The van der Waals surface area contributed by atoms with Gasteiger partial charge >= 0.3 is 0 Å². The summed E-state index contributed by atoms with van der Waals surface area (Å²) in [5.41, 5.74) is 7.27. The zero-order valence-electron chi connectivity index (χ0n) is 11.4. The number of pyridine rings is 1. The second kappa shape index (κ2) is 4.85. The molecule has 3 aromatic rings. The second-order valence-electron chi connectivity index (χ2n) is 4.76. The first-order chi connectivity index (χ1) is 9.99. The van der Waals surface area contributed by atoms with Crippen LogP contribution in [0.3, 0.4) is 0 Å². The standard InChI is InChI=1S/C14H14N4O2S/c1-18-13-5-3-2-4-10(13)12(17-18)9-21(19,20)14-6-7-16-8-11(14)15/h2-8H,9,15H2,1H3. The fraction of sp³-hybridized carbons (Fsp3) is 0.143. The highest BCUT2D eigenvalue weighted by Crippen LogP contribution is 2.24. The monoisotopic (exact) mass is 302 g/mol. The van der Waals surface area contributed by atoms with Gasteiger partial charge in [-0.3, -0.25) is 9.67 Å². The summed E-state index contributed by atoms with van der Waals surface area (Å²) in [4.78, 5) is 3.90. The molecule has 2 aromatic heterocycles. The number of aryl methyl sites for hydroxylation is 1. The molecule has 0 amide bonds. The van der Waals surface area contributed by atoms with Crippen LogP contribution in [-0.2, 0) is 22.6 Å². The van der Waals surface area contributed by atoms with E-state index in [1.165, 1.54) is 18.5 Å². The third-order valence-electron chi connectivity index (χ3n) is 3.31. The van der Waals surface area contributed by atoms with Gasteiger partial charge in [-0.2, -0.15) is 5.10 Å². The number of sulfone groups is 1. The Labute approximate surface area is 122 Å². The lowest BCUT2D eigenvalue weighted by atomic mass is 10.2. The van der Waals surface area contributed by atoms with Gasteiger partial charge in [-0.15, -0.1) is 0 Å². The van der Waals surface area contributed by atoms with Gasteiger partial charge in [0.1, 0.15) is 0 Å². The Hall–Kier alpha value is -2.41. The molecule has 2 N–H and O–H groups in total. The molecule has 1 aromatic carbocycles. The van der Waals surface area contributed by atoms with Gasteiger partial charge in [0.15, 0.2) is 9.84 Å². The Balaban J connectivity index is 2.08. The number of fused-ring (bicyclic) bond motifs is 1. The summed E-state index contributed by atoms with van der Waals surface area (Å²) in [6.45, 7) is 0. The molecule has 6 nitrogen and oxygen atoms in total. The van der Waals surface area contributed by atoms with Crippen molar-refractivity contribution < 1.29 is 8.42 Å². The zero-order chi connectivity index (χ0) is 15.0. The summed E-state index contributed by atoms with van der Waals surface area (Å²) < 4.78 is 26.7. The number of benzene rings is 1. The van der Waals surface area contributed by atoms with Gasteiger partial charge in [-0.25, -0.2) is 8.42 Å². The maximum Gasteiger partial charge on any atom is 0.186 e. The lowest BCUT2D eigenvalue weighted by Gasteiger charge is -2.05. The Kier molecular flexibility index (Phi) is 3.13. The van der Waals surface area contributed by atoms with Crippen LogP contribution in [0.4, 0.5) is 5.69 Å². The average molecular weight is 302 g/mol. The minimum atomic E-state index is -3.56. The van der Waals surface area contributed by atoms with E-state index in [2.05, 4.69) is 10.1 Å². The van der Waals surface area contributed by atoms with E-state index in [4.69, 9.17) is 5.73 Å². The lowest BCUT2D eigenvalue weighted by molar-refractivity contribution is 0.594. The molecular formula is C14H14N4O2S. The topological polar surface area (TPSA) is 90.9 Å². The average Bonchev–Trinajstić information content (AvgIpc) is 2.76. The molecule has 0 fully saturated rings. The van der Waals surface area contributed by atoms with E-state index in [1.54, 1.807) is 11.7 Å². The number of anilines is 1. The van der Waals surface area contributed by atoms with Crippen LogP contribution in [0, 0.1) is 0 Å². The van der Waals surface area contributed by atoms with Crippen molar-refractivity contribution in [2.75, 3.05) is 5.73 Å². The predicted molar refractivity (Wildman–Crippen MR) is 80.3 cm³/mol. The van der Waals surface area contributed by atoms with Crippen molar-refractivity contribution in [2.45, 2.75) is 10.6 Å². The minimum absolute atomic E-state index is 0.0900. The largest absolute Gasteiger partial charge is 0.396 e. The molecule has 0 aliphatic carbocycles. The summed E-state index contributed by atoms with van der Waals surface area (Å²) in [6, 6.07) is 8.93. The number of hydrogen-bond acceptors (Lipinski definition) is 5. The number of para-hydroxylation sites is 1. The van der Waals surface area contributed by atoms with Crippen molar-refractivity contribution in [1.82, 2.24) is 14.8 Å². The Bertz CT molecular complexity index is 916. The molecule has 0 aliphatic heterocycles. The highest BCUT2D eigenvalue weighted by atomic mass is 32.2. The van der Waals surface area contributed by atoms with Gasteiger partial charge in [-0.05, 0) is 12.1 Å². The van der Waals surface area contributed by atoms with E-state index in [0.717, 1.165) is 10.9 Å². The molecule has 7 heteroatoms. The smallest absolute Gasteiger partial charge is 0.186 e. The van der Waals surface area contributed by atoms with E-state index in [1.807, 2.05) is 24.3 Å². The van der Waals surface area contributed by atoms with Crippen molar-refractivity contribution in [1.29, 1.82) is 0 Å². The van der Waals surface area contributed by atoms with Gasteiger partial charge in [0.2, 0.25) is 0 Å². The van der Waals surface area contributed by atoms with Crippen LogP contribution in [0.15, 0.2) is 47.6 Å². The highest BCUT2D eigenvalue weighted by Gasteiger charge is 2.21. The summed E-state index contributed by atoms with van der Waals surface area (Å²) >= 11 is 0. The van der Waals surface area contributed by atoms with Gasteiger partial charge in [0.25, 0.3) is 0 Å². The normalized spacial score (nSPS) is 11.9. The van der Waals surface area contributed by atoms with Crippen LogP contribution in [0.1, 0.15) is 5.69 Å². The number of nitrogens with two attached hydrogens (primary N) is 1. The highest BCUT2D eigenvalue weighted by molar-refractivity contribution is 7.90. The minimum Gasteiger partial charge on any atom is -0.396 e. The summed E-state index contributed by atoms with van der Waals surface area (Å²) in [6.07, 6.45) is 2.75.